The first kappa shape index (κ1) is 11.5. The Bertz CT molecular complexity index is 558. The molecule has 2 aliphatic rings. The Labute approximate surface area is 108 Å². The highest BCUT2D eigenvalue weighted by Gasteiger charge is 2.38. The molecule has 0 aromatic heterocycles. The van der Waals surface area contributed by atoms with Gasteiger partial charge < -0.3 is 15.2 Å². The van der Waals surface area contributed by atoms with Crippen LogP contribution in [0, 0.1) is 11.7 Å². The van der Waals surface area contributed by atoms with Gasteiger partial charge >= 0.3 is 0 Å². The second-order valence-corrected chi connectivity index (χ2v) is 5.08. The number of carboxylic acid groups (broad SMARTS) is 1. The zero-order chi connectivity index (χ0) is 12.9. The Hall–Kier alpha value is -1.55. The SMILES string of the molecule is O=C([O-])[C@H]1Nc2c(F)cc(Cl)cc2[C@H]2C=CC[C@@H]12. The number of rotatable bonds is 1. The van der Waals surface area contributed by atoms with Gasteiger partial charge in [0.2, 0.25) is 0 Å². The van der Waals surface area contributed by atoms with Gasteiger partial charge in [-0.2, -0.15) is 0 Å². The molecule has 0 amide bonds. The molecule has 1 aliphatic carbocycles. The van der Waals surface area contributed by atoms with Gasteiger partial charge in [-0.15, -0.1) is 0 Å². The van der Waals surface area contributed by atoms with Gasteiger partial charge in [0.05, 0.1) is 17.7 Å². The van der Waals surface area contributed by atoms with Crippen molar-refractivity contribution in [2.75, 3.05) is 5.32 Å². The van der Waals surface area contributed by atoms with Crippen molar-refractivity contribution in [3.05, 3.63) is 40.7 Å². The van der Waals surface area contributed by atoms with Crippen LogP contribution < -0.4 is 10.4 Å². The summed E-state index contributed by atoms with van der Waals surface area (Å²) in [6.45, 7) is 0. The van der Waals surface area contributed by atoms with Crippen LogP contribution in [0.25, 0.3) is 0 Å². The summed E-state index contributed by atoms with van der Waals surface area (Å²) in [5.41, 5.74) is 0.942. The Morgan fingerprint density at radius 2 is 2.28 bits per heavy atom. The number of halogens is 2. The molecule has 3 atom stereocenters. The van der Waals surface area contributed by atoms with Crippen molar-refractivity contribution in [3.63, 3.8) is 0 Å². The predicted octanol–water partition coefficient (Wildman–Crippen LogP) is 1.68. The van der Waals surface area contributed by atoms with Crippen LogP contribution in [0.2, 0.25) is 5.02 Å². The molecule has 1 aromatic rings. The van der Waals surface area contributed by atoms with Crippen LogP contribution in [0.4, 0.5) is 10.1 Å². The standard InChI is InChI=1S/C13H11ClFNO2/c14-6-4-9-7-2-1-3-8(7)12(13(17)18)16-11(9)10(15)5-6/h1-2,4-5,7-8,12,16H,3H2,(H,17,18)/p-1/t7-,8+,12-/m0/s1. The van der Waals surface area contributed by atoms with E-state index in [0.29, 0.717) is 11.4 Å². The first-order chi connectivity index (χ1) is 8.58. The maximum atomic E-state index is 13.8. The quantitative estimate of drug-likeness (QED) is 0.787. The van der Waals surface area contributed by atoms with E-state index < -0.39 is 17.8 Å². The third-order valence-corrected chi connectivity index (χ3v) is 3.86. The van der Waals surface area contributed by atoms with Crippen LogP contribution in [-0.4, -0.2) is 12.0 Å². The number of anilines is 1. The average molecular weight is 267 g/mol. The van der Waals surface area contributed by atoms with Crippen molar-refractivity contribution in [1.82, 2.24) is 0 Å². The fourth-order valence-corrected chi connectivity index (χ4v) is 3.07. The van der Waals surface area contributed by atoms with E-state index in [4.69, 9.17) is 11.6 Å². The minimum atomic E-state index is -1.20. The van der Waals surface area contributed by atoms with Crippen LogP contribution >= 0.6 is 11.6 Å². The lowest BCUT2D eigenvalue weighted by molar-refractivity contribution is -0.308. The average Bonchev–Trinajstić information content (AvgIpc) is 2.76. The maximum Gasteiger partial charge on any atom is 0.148 e. The largest absolute Gasteiger partial charge is 0.548 e. The van der Waals surface area contributed by atoms with Crippen LogP contribution in [0.1, 0.15) is 17.9 Å². The molecular formula is C13H10ClFNO2-. The van der Waals surface area contributed by atoms with Crippen LogP contribution in [-0.2, 0) is 4.79 Å². The van der Waals surface area contributed by atoms with Crippen LogP contribution in [0.5, 0.6) is 0 Å². The molecule has 0 unspecified atom stereocenters. The van der Waals surface area contributed by atoms with Crippen LogP contribution in [0.3, 0.4) is 0 Å². The first-order valence-corrected chi connectivity index (χ1v) is 6.08. The van der Waals surface area contributed by atoms with E-state index in [1.165, 1.54) is 6.07 Å². The molecule has 1 aliphatic heterocycles. The summed E-state index contributed by atoms with van der Waals surface area (Å²) in [5.74, 6) is -1.98. The highest BCUT2D eigenvalue weighted by atomic mass is 35.5. The van der Waals surface area contributed by atoms with Gasteiger partial charge in [-0.25, -0.2) is 4.39 Å². The predicted molar refractivity (Wildman–Crippen MR) is 63.8 cm³/mol. The van der Waals surface area contributed by atoms with Gasteiger partial charge in [-0.3, -0.25) is 0 Å². The number of benzene rings is 1. The van der Waals surface area contributed by atoms with Crippen molar-refractivity contribution in [2.45, 2.75) is 18.4 Å². The number of allylic oxidation sites excluding steroid dienone is 2. The van der Waals surface area contributed by atoms with E-state index in [0.717, 1.165) is 5.56 Å². The topological polar surface area (TPSA) is 52.2 Å². The summed E-state index contributed by atoms with van der Waals surface area (Å²) in [4.78, 5) is 11.1. The normalized spacial score (nSPS) is 28.4. The number of fused-ring (bicyclic) bond motifs is 3. The second-order valence-electron chi connectivity index (χ2n) is 4.65. The lowest BCUT2D eigenvalue weighted by atomic mass is 9.79. The van der Waals surface area contributed by atoms with Crippen molar-refractivity contribution in [1.29, 1.82) is 0 Å². The van der Waals surface area contributed by atoms with Crippen molar-refractivity contribution in [2.24, 2.45) is 5.92 Å². The Balaban J connectivity index is 2.14. The zero-order valence-corrected chi connectivity index (χ0v) is 10.1. The van der Waals surface area contributed by atoms with Gasteiger partial charge in [-0.05, 0) is 30.0 Å². The number of carbonyl (C=O) groups is 1. The molecule has 0 fully saturated rings. The summed E-state index contributed by atoms with van der Waals surface area (Å²) in [6.07, 6.45) is 4.47. The number of hydrogen-bond donors (Lipinski definition) is 1. The summed E-state index contributed by atoms with van der Waals surface area (Å²) in [6, 6.07) is 2.00. The molecule has 0 spiro atoms. The highest BCUT2D eigenvalue weighted by Crippen LogP contribution is 2.46. The number of carboxylic acids is 1. The molecule has 1 heterocycles. The molecule has 0 bridgehead atoms. The van der Waals surface area contributed by atoms with E-state index in [1.54, 1.807) is 6.07 Å². The Morgan fingerprint density at radius 1 is 1.50 bits per heavy atom. The third-order valence-electron chi connectivity index (χ3n) is 3.64. The maximum absolute atomic E-state index is 13.8. The Morgan fingerprint density at radius 3 is 3.00 bits per heavy atom. The minimum Gasteiger partial charge on any atom is -0.548 e. The van der Waals surface area contributed by atoms with E-state index in [2.05, 4.69) is 5.32 Å². The molecule has 0 radical (unpaired) electrons. The molecule has 3 nitrogen and oxygen atoms in total. The molecule has 1 aromatic carbocycles. The van der Waals surface area contributed by atoms with Crippen LogP contribution in [0.15, 0.2) is 24.3 Å². The van der Waals surface area contributed by atoms with Crippen molar-refractivity contribution < 1.29 is 14.3 Å². The van der Waals surface area contributed by atoms with Gasteiger partial charge in [-0.1, -0.05) is 23.8 Å². The molecule has 0 saturated carbocycles. The molecule has 94 valence electrons. The fourth-order valence-electron chi connectivity index (χ4n) is 2.85. The smallest absolute Gasteiger partial charge is 0.148 e. The van der Waals surface area contributed by atoms with Gasteiger partial charge in [0.15, 0.2) is 0 Å². The zero-order valence-electron chi connectivity index (χ0n) is 9.32. The van der Waals surface area contributed by atoms with Crippen molar-refractivity contribution >= 4 is 23.3 Å². The molecule has 18 heavy (non-hydrogen) atoms. The number of carbonyl (C=O) groups excluding carboxylic acids is 1. The number of hydrogen-bond acceptors (Lipinski definition) is 3. The third kappa shape index (κ3) is 1.60. The number of aliphatic carboxylic acids is 1. The van der Waals surface area contributed by atoms with Gasteiger partial charge in [0.1, 0.15) is 5.82 Å². The van der Waals surface area contributed by atoms with E-state index in [9.17, 15) is 14.3 Å². The minimum absolute atomic E-state index is 0.114. The highest BCUT2D eigenvalue weighted by molar-refractivity contribution is 6.30. The second kappa shape index (κ2) is 3.99. The molecule has 3 rings (SSSR count). The summed E-state index contributed by atoms with van der Waals surface area (Å²) in [7, 11) is 0. The summed E-state index contributed by atoms with van der Waals surface area (Å²) in [5, 5.41) is 14.2. The summed E-state index contributed by atoms with van der Waals surface area (Å²) >= 11 is 5.85. The fraction of sp³-hybridized carbons (Fsp3) is 0.308. The van der Waals surface area contributed by atoms with E-state index in [1.807, 2.05) is 12.2 Å². The molecule has 1 N–H and O–H groups in total. The van der Waals surface area contributed by atoms with Crippen molar-refractivity contribution in [3.8, 4) is 0 Å². The van der Waals surface area contributed by atoms with Gasteiger partial charge in [0.25, 0.3) is 0 Å². The lowest BCUT2D eigenvalue weighted by Gasteiger charge is -2.37. The van der Waals surface area contributed by atoms with E-state index >= 15 is 0 Å². The lowest BCUT2D eigenvalue weighted by Crippen LogP contribution is -2.49. The molecule has 0 saturated heterocycles. The van der Waals surface area contributed by atoms with Gasteiger partial charge in [0, 0.05) is 10.9 Å². The van der Waals surface area contributed by atoms with E-state index in [-0.39, 0.29) is 17.5 Å². The molecular weight excluding hydrogens is 257 g/mol. The first-order valence-electron chi connectivity index (χ1n) is 5.71. The summed E-state index contributed by atoms with van der Waals surface area (Å²) < 4.78 is 13.8. The Kier molecular flexibility index (Phi) is 2.55. The monoisotopic (exact) mass is 266 g/mol. The molecule has 5 heteroatoms. The number of nitrogens with one attached hydrogen (secondary N) is 1.